The normalized spacial score (nSPS) is 12.0. The minimum atomic E-state index is -2.18. The molecule has 0 radical (unpaired) electrons. The van der Waals surface area contributed by atoms with E-state index in [0.717, 1.165) is 91.3 Å². The lowest BCUT2D eigenvalue weighted by Crippen LogP contribution is -2.42. The summed E-state index contributed by atoms with van der Waals surface area (Å²) in [6, 6.07) is 24.4. The summed E-state index contributed by atoms with van der Waals surface area (Å²) >= 11 is 0. The molecule has 0 aliphatic rings. The summed E-state index contributed by atoms with van der Waals surface area (Å²) in [5.41, 5.74) is 1.66. The van der Waals surface area contributed by atoms with E-state index in [-0.39, 0.29) is 5.97 Å². The number of aryl methyl sites for hydroxylation is 1. The molecule has 0 aliphatic carbocycles. The van der Waals surface area contributed by atoms with Crippen molar-refractivity contribution in [2.45, 2.75) is 123 Å². The molecule has 3 rings (SSSR count). The summed E-state index contributed by atoms with van der Waals surface area (Å²) < 4.78 is 20.5. The molecule has 0 spiro atoms. The third kappa shape index (κ3) is 8.50. The average Bonchev–Trinajstić information content (AvgIpc) is 2.95. The molecule has 6 heteroatoms. The third-order valence-corrected chi connectivity index (χ3v) is 18.0. The predicted molar refractivity (Wildman–Crippen MR) is 183 cm³/mol. The fourth-order valence-electron chi connectivity index (χ4n) is 6.72. The minimum Gasteiger partial charge on any atom is -0.543 e. The molecule has 0 saturated carbocycles. The Labute approximate surface area is 257 Å². The first kappa shape index (κ1) is 33.9. The molecule has 0 amide bonds. The monoisotopic (exact) mass is 606 g/mol. The van der Waals surface area contributed by atoms with E-state index in [9.17, 15) is 4.79 Å². The lowest BCUT2D eigenvalue weighted by Gasteiger charge is -2.35. The van der Waals surface area contributed by atoms with E-state index in [0.29, 0.717) is 17.1 Å². The van der Waals surface area contributed by atoms with E-state index in [1.165, 1.54) is 5.56 Å². The van der Waals surface area contributed by atoms with Gasteiger partial charge in [-0.2, -0.15) is 0 Å². The van der Waals surface area contributed by atoms with Gasteiger partial charge >= 0.3 is 5.97 Å². The van der Waals surface area contributed by atoms with Crippen LogP contribution in [0, 0.1) is 6.92 Å². The van der Waals surface area contributed by atoms with Gasteiger partial charge in [-0.15, -0.1) is 0 Å². The van der Waals surface area contributed by atoms with Crippen LogP contribution >= 0.6 is 0 Å². The van der Waals surface area contributed by atoms with Gasteiger partial charge in [0.25, 0.3) is 16.6 Å². The minimum absolute atomic E-state index is 0.385. The maximum atomic E-state index is 14.1. The molecule has 0 aliphatic heterocycles. The molecule has 3 aromatic rings. The van der Waals surface area contributed by atoms with Crippen molar-refractivity contribution in [3.8, 4) is 17.2 Å². The van der Waals surface area contributed by atoms with Crippen LogP contribution < -0.4 is 13.6 Å². The number of rotatable bonds is 18. The highest BCUT2D eigenvalue weighted by Gasteiger charge is 2.38. The molecule has 0 bridgehead atoms. The molecule has 230 valence electrons. The Morgan fingerprint density at radius 1 is 0.619 bits per heavy atom. The molecule has 0 aromatic heterocycles. The molecular formula is C36H54O4Si2. The van der Waals surface area contributed by atoms with Gasteiger partial charge in [0.15, 0.2) is 0 Å². The highest BCUT2D eigenvalue weighted by molar-refractivity contribution is 6.75. The van der Waals surface area contributed by atoms with E-state index >= 15 is 0 Å². The Bertz CT molecular complexity index is 1240. The fraction of sp³-hybridized carbons (Fsp3) is 0.528. The highest BCUT2D eigenvalue weighted by Crippen LogP contribution is 2.43. The first-order chi connectivity index (χ1) is 20.3. The predicted octanol–water partition coefficient (Wildman–Crippen LogP) is 11.5. The van der Waals surface area contributed by atoms with Crippen LogP contribution in [0.25, 0.3) is 10.8 Å². The van der Waals surface area contributed by atoms with Crippen LogP contribution in [0.2, 0.25) is 36.3 Å². The van der Waals surface area contributed by atoms with Gasteiger partial charge in [0.05, 0.1) is 0 Å². The lowest BCUT2D eigenvalue weighted by molar-refractivity contribution is 0.0732. The topological polar surface area (TPSA) is 44.8 Å². The summed E-state index contributed by atoms with van der Waals surface area (Å²) in [5.74, 6) is 1.65. The van der Waals surface area contributed by atoms with E-state index in [4.69, 9.17) is 13.6 Å². The van der Waals surface area contributed by atoms with Crippen molar-refractivity contribution < 1.29 is 18.4 Å². The SMILES string of the molecule is CCC[Si](CCC)(CCC)Oc1cc(C(=O)Oc2ccccc2)c(O[Si](CCC)(CCC)CCC)c2ccc(C)cc12. The number of benzene rings is 3. The number of hydrogen-bond acceptors (Lipinski definition) is 4. The van der Waals surface area contributed by atoms with Crippen molar-refractivity contribution in [2.75, 3.05) is 0 Å². The van der Waals surface area contributed by atoms with Gasteiger partial charge in [-0.25, -0.2) is 4.79 Å². The highest BCUT2D eigenvalue weighted by atomic mass is 28.4. The largest absolute Gasteiger partial charge is 0.543 e. The van der Waals surface area contributed by atoms with Crippen LogP contribution in [-0.4, -0.2) is 22.6 Å². The number of hydrogen-bond donors (Lipinski definition) is 0. The van der Waals surface area contributed by atoms with Gasteiger partial charge in [0, 0.05) is 10.8 Å². The molecular weight excluding hydrogens is 553 g/mol. The molecule has 0 N–H and O–H groups in total. The molecule has 4 nitrogen and oxygen atoms in total. The zero-order valence-electron chi connectivity index (χ0n) is 27.3. The first-order valence-electron chi connectivity index (χ1n) is 16.5. The zero-order valence-corrected chi connectivity index (χ0v) is 29.3. The van der Waals surface area contributed by atoms with Crippen molar-refractivity contribution >= 4 is 33.4 Å². The molecule has 0 unspecified atom stereocenters. The Morgan fingerprint density at radius 2 is 1.12 bits per heavy atom. The summed E-state index contributed by atoms with van der Waals surface area (Å²) in [4.78, 5) is 14.1. The average molecular weight is 607 g/mol. The van der Waals surface area contributed by atoms with E-state index in [1.807, 2.05) is 36.4 Å². The Hall–Kier alpha value is -2.58. The van der Waals surface area contributed by atoms with Crippen LogP contribution in [0.15, 0.2) is 54.6 Å². The second-order valence-electron chi connectivity index (χ2n) is 12.1. The fourth-order valence-corrected chi connectivity index (χ4v) is 15.6. The molecule has 0 heterocycles. The Morgan fingerprint density at radius 3 is 1.62 bits per heavy atom. The second kappa shape index (κ2) is 16.3. The second-order valence-corrected chi connectivity index (χ2v) is 20.2. The molecule has 0 saturated heterocycles. The lowest BCUT2D eigenvalue weighted by atomic mass is 10.0. The van der Waals surface area contributed by atoms with Crippen molar-refractivity contribution in [3.05, 3.63) is 65.7 Å². The molecule has 42 heavy (non-hydrogen) atoms. The zero-order chi connectivity index (χ0) is 30.6. The molecule has 0 atom stereocenters. The number of carbonyl (C=O) groups is 1. The quantitative estimate of drug-likeness (QED) is 0.0820. The smallest absolute Gasteiger partial charge is 0.347 e. The van der Waals surface area contributed by atoms with Crippen LogP contribution in [0.3, 0.4) is 0 Å². The maximum absolute atomic E-state index is 14.1. The summed E-state index contributed by atoms with van der Waals surface area (Å²) in [5, 5.41) is 2.01. The van der Waals surface area contributed by atoms with Crippen molar-refractivity contribution in [1.29, 1.82) is 0 Å². The molecule has 3 aromatic carbocycles. The van der Waals surface area contributed by atoms with Crippen LogP contribution in [0.4, 0.5) is 0 Å². The van der Waals surface area contributed by atoms with E-state index in [2.05, 4.69) is 66.7 Å². The van der Waals surface area contributed by atoms with E-state index in [1.54, 1.807) is 0 Å². The number of esters is 1. The Kier molecular flexibility index (Phi) is 13.2. The summed E-state index contributed by atoms with van der Waals surface area (Å²) in [7, 11) is -4.27. The van der Waals surface area contributed by atoms with Crippen molar-refractivity contribution in [2.24, 2.45) is 0 Å². The van der Waals surface area contributed by atoms with Crippen molar-refractivity contribution in [1.82, 2.24) is 0 Å². The van der Waals surface area contributed by atoms with Crippen LogP contribution in [0.1, 0.15) is 96.0 Å². The van der Waals surface area contributed by atoms with E-state index < -0.39 is 16.6 Å². The maximum Gasteiger partial charge on any atom is 0.347 e. The Balaban J connectivity index is 2.31. The number of fused-ring (bicyclic) bond motifs is 1. The van der Waals surface area contributed by atoms with Gasteiger partial charge < -0.3 is 13.6 Å². The standard InChI is InChI=1S/C36H54O4Si2/c1-8-21-41(22-9-2,23-10-3)39-34-28-33(36(37)38-30-17-15-14-16-18-30)35(31-20-19-29(7)27-32(31)34)40-42(24-11-4,25-12-5)26-13-6/h14-20,27-28H,8-13,21-26H2,1-7H3. The van der Waals surface area contributed by atoms with Gasteiger partial charge in [-0.1, -0.05) is 116 Å². The number of carbonyl (C=O) groups excluding carboxylic acids is 1. The van der Waals surface area contributed by atoms with Gasteiger partial charge in [0.2, 0.25) is 0 Å². The van der Waals surface area contributed by atoms with Crippen LogP contribution in [-0.2, 0) is 0 Å². The number of para-hydroxylation sites is 1. The number of ether oxygens (including phenoxy) is 1. The van der Waals surface area contributed by atoms with Gasteiger partial charge in [-0.05, 0) is 67.5 Å². The summed E-state index contributed by atoms with van der Waals surface area (Å²) in [6.07, 6.45) is 6.54. The third-order valence-electron chi connectivity index (χ3n) is 8.26. The van der Waals surface area contributed by atoms with Gasteiger partial charge in [-0.3, -0.25) is 0 Å². The van der Waals surface area contributed by atoms with Crippen LogP contribution in [0.5, 0.6) is 17.2 Å². The first-order valence-corrected chi connectivity index (χ1v) is 21.6. The van der Waals surface area contributed by atoms with Gasteiger partial charge in [0.1, 0.15) is 22.8 Å². The summed E-state index contributed by atoms with van der Waals surface area (Å²) in [6.45, 7) is 15.7. The molecule has 0 fully saturated rings. The van der Waals surface area contributed by atoms with Crippen molar-refractivity contribution in [3.63, 3.8) is 0 Å².